The van der Waals surface area contributed by atoms with Crippen molar-refractivity contribution >= 4 is 0 Å². The van der Waals surface area contributed by atoms with Gasteiger partial charge in [0.1, 0.15) is 5.75 Å². The minimum atomic E-state index is 0.106. The monoisotopic (exact) mass is 233 g/mol. The highest BCUT2D eigenvalue weighted by molar-refractivity contribution is 5.48. The van der Waals surface area contributed by atoms with E-state index in [9.17, 15) is 0 Å². The largest absolute Gasteiger partial charge is 0.490 e. The van der Waals surface area contributed by atoms with Gasteiger partial charge in [0, 0.05) is 18.0 Å². The smallest absolute Gasteiger partial charge is 0.127 e. The molecule has 1 aliphatic heterocycles. The van der Waals surface area contributed by atoms with Gasteiger partial charge in [-0.15, -0.1) is 0 Å². The molecular weight excluding hydrogens is 210 g/mol. The maximum absolute atomic E-state index is 6.24. The van der Waals surface area contributed by atoms with Crippen LogP contribution in [0, 0.1) is 6.92 Å². The summed E-state index contributed by atoms with van der Waals surface area (Å²) >= 11 is 0. The van der Waals surface area contributed by atoms with Gasteiger partial charge in [-0.05, 0) is 36.5 Å². The first-order chi connectivity index (χ1) is 7.79. The molecule has 0 amide bonds. The molecule has 2 atom stereocenters. The Balaban J connectivity index is 2.54. The van der Waals surface area contributed by atoms with Crippen molar-refractivity contribution in [1.82, 2.24) is 0 Å². The molecule has 1 aromatic rings. The molecule has 0 aliphatic carbocycles. The van der Waals surface area contributed by atoms with Crippen molar-refractivity contribution in [3.63, 3.8) is 0 Å². The molecule has 0 bridgehead atoms. The van der Waals surface area contributed by atoms with Crippen LogP contribution >= 0.6 is 0 Å². The highest BCUT2D eigenvalue weighted by Crippen LogP contribution is 2.39. The first kappa shape index (κ1) is 12.4. The summed E-state index contributed by atoms with van der Waals surface area (Å²) in [6, 6.07) is 4.55. The van der Waals surface area contributed by atoms with Crippen molar-refractivity contribution < 1.29 is 4.74 Å². The summed E-state index contributed by atoms with van der Waals surface area (Å²) in [5, 5.41) is 0. The summed E-state index contributed by atoms with van der Waals surface area (Å²) in [6.07, 6.45) is 1.12. The Kier molecular flexibility index (Phi) is 2.94. The lowest BCUT2D eigenvalue weighted by molar-refractivity contribution is 0.175. The molecule has 2 rings (SSSR count). The lowest BCUT2D eigenvalue weighted by Gasteiger charge is -2.31. The van der Waals surface area contributed by atoms with E-state index < -0.39 is 0 Å². The van der Waals surface area contributed by atoms with Crippen LogP contribution in [0.15, 0.2) is 12.1 Å². The number of rotatable bonds is 0. The molecule has 0 aromatic heterocycles. The van der Waals surface area contributed by atoms with Gasteiger partial charge in [-0.2, -0.15) is 0 Å². The second kappa shape index (κ2) is 4.02. The van der Waals surface area contributed by atoms with Gasteiger partial charge in [-0.25, -0.2) is 0 Å². The van der Waals surface area contributed by atoms with Crippen LogP contribution in [0.5, 0.6) is 5.75 Å². The third-order valence-electron chi connectivity index (χ3n) is 3.47. The molecule has 1 aliphatic rings. The number of aryl methyl sites for hydroxylation is 1. The summed E-state index contributed by atoms with van der Waals surface area (Å²) < 4.78 is 5.92. The van der Waals surface area contributed by atoms with Gasteiger partial charge in [-0.1, -0.05) is 26.8 Å². The lowest BCUT2D eigenvalue weighted by atomic mass is 9.83. The summed E-state index contributed by atoms with van der Waals surface area (Å²) in [5.74, 6) is 1.00. The lowest BCUT2D eigenvalue weighted by Crippen LogP contribution is -2.28. The van der Waals surface area contributed by atoms with Crippen molar-refractivity contribution in [3.8, 4) is 5.75 Å². The zero-order valence-corrected chi connectivity index (χ0v) is 11.5. The Bertz CT molecular complexity index is 431. The third-order valence-corrected chi connectivity index (χ3v) is 3.47. The van der Waals surface area contributed by atoms with Gasteiger partial charge >= 0.3 is 0 Å². The van der Waals surface area contributed by atoms with Crippen LogP contribution in [-0.2, 0) is 5.41 Å². The topological polar surface area (TPSA) is 35.2 Å². The molecule has 0 fully saturated rings. The van der Waals surface area contributed by atoms with E-state index in [2.05, 4.69) is 46.8 Å². The van der Waals surface area contributed by atoms with E-state index in [1.54, 1.807) is 0 Å². The Morgan fingerprint density at radius 2 is 1.94 bits per heavy atom. The molecule has 1 heterocycles. The predicted octanol–water partition coefficient (Wildman–Crippen LogP) is 3.46. The van der Waals surface area contributed by atoms with E-state index >= 15 is 0 Å². The third kappa shape index (κ3) is 2.32. The molecule has 0 saturated carbocycles. The van der Waals surface area contributed by atoms with Crippen LogP contribution in [0.1, 0.15) is 56.8 Å². The average Bonchev–Trinajstić information content (AvgIpc) is 2.17. The molecule has 2 N–H and O–H groups in total. The fraction of sp³-hybridized carbons (Fsp3) is 0.600. The average molecular weight is 233 g/mol. The predicted molar refractivity (Wildman–Crippen MR) is 71.5 cm³/mol. The molecule has 0 saturated heterocycles. The van der Waals surface area contributed by atoms with E-state index in [1.807, 2.05) is 0 Å². The van der Waals surface area contributed by atoms with Crippen molar-refractivity contribution in [2.45, 2.75) is 58.6 Å². The van der Waals surface area contributed by atoms with Crippen LogP contribution in [0.2, 0.25) is 0 Å². The van der Waals surface area contributed by atoms with Crippen LogP contribution in [0.25, 0.3) is 0 Å². The highest BCUT2D eigenvalue weighted by atomic mass is 16.5. The fourth-order valence-corrected chi connectivity index (χ4v) is 2.40. The number of hydrogen-bond donors (Lipinski definition) is 1. The second-order valence-corrected chi connectivity index (χ2v) is 6.23. The van der Waals surface area contributed by atoms with E-state index in [1.165, 1.54) is 16.7 Å². The van der Waals surface area contributed by atoms with Crippen LogP contribution in [0.3, 0.4) is 0 Å². The van der Waals surface area contributed by atoms with E-state index in [4.69, 9.17) is 10.5 Å². The van der Waals surface area contributed by atoms with E-state index in [0.717, 1.165) is 12.2 Å². The molecule has 2 heteroatoms. The number of ether oxygens (including phenoxy) is 1. The summed E-state index contributed by atoms with van der Waals surface area (Å²) in [7, 11) is 0. The molecule has 2 nitrogen and oxygen atoms in total. The van der Waals surface area contributed by atoms with Gasteiger partial charge in [-0.3, -0.25) is 0 Å². The van der Waals surface area contributed by atoms with E-state index in [0.29, 0.717) is 0 Å². The molecule has 0 radical (unpaired) electrons. The van der Waals surface area contributed by atoms with Crippen LogP contribution in [-0.4, -0.2) is 6.10 Å². The first-order valence-electron chi connectivity index (χ1n) is 6.36. The van der Waals surface area contributed by atoms with Gasteiger partial charge in [0.15, 0.2) is 0 Å². The summed E-state index contributed by atoms with van der Waals surface area (Å²) in [6.45, 7) is 10.9. The molecule has 1 aromatic carbocycles. The maximum atomic E-state index is 6.24. The number of fused-ring (bicyclic) bond motifs is 1. The van der Waals surface area contributed by atoms with Gasteiger partial charge in [0.2, 0.25) is 0 Å². The van der Waals surface area contributed by atoms with Crippen LogP contribution < -0.4 is 10.5 Å². The fourth-order valence-electron chi connectivity index (χ4n) is 2.40. The van der Waals surface area contributed by atoms with Gasteiger partial charge < -0.3 is 10.5 Å². The minimum absolute atomic E-state index is 0.106. The minimum Gasteiger partial charge on any atom is -0.490 e. The zero-order valence-electron chi connectivity index (χ0n) is 11.5. The summed E-state index contributed by atoms with van der Waals surface area (Å²) in [5.41, 5.74) is 10.1. The quantitative estimate of drug-likeness (QED) is 0.744. The van der Waals surface area contributed by atoms with Crippen molar-refractivity contribution in [1.29, 1.82) is 0 Å². The van der Waals surface area contributed by atoms with Gasteiger partial charge in [0.05, 0.1) is 6.10 Å². The molecule has 0 spiro atoms. The molecular formula is C15H23NO. The van der Waals surface area contributed by atoms with Crippen LogP contribution in [0.4, 0.5) is 0 Å². The van der Waals surface area contributed by atoms with E-state index in [-0.39, 0.29) is 17.6 Å². The molecule has 94 valence electrons. The SMILES string of the molecule is Cc1cc(C(C)(C)C)cc2c1OC(C)CC2N. The Morgan fingerprint density at radius 1 is 1.29 bits per heavy atom. The highest BCUT2D eigenvalue weighted by Gasteiger charge is 2.27. The number of hydrogen-bond acceptors (Lipinski definition) is 2. The Labute approximate surface area is 104 Å². The zero-order chi connectivity index (χ0) is 12.8. The maximum Gasteiger partial charge on any atom is 0.127 e. The first-order valence-corrected chi connectivity index (χ1v) is 6.36. The number of nitrogens with two attached hydrogens (primary N) is 1. The van der Waals surface area contributed by atoms with Gasteiger partial charge in [0.25, 0.3) is 0 Å². The van der Waals surface area contributed by atoms with Crippen molar-refractivity contribution in [3.05, 3.63) is 28.8 Å². The standard InChI is InChI=1S/C15H23NO/c1-9-6-11(15(3,4)5)8-12-13(16)7-10(2)17-14(9)12/h6,8,10,13H,7,16H2,1-5H3. The normalized spacial score (nSPS) is 24.1. The molecule has 2 unspecified atom stereocenters. The Hall–Kier alpha value is -1.02. The molecule has 17 heavy (non-hydrogen) atoms. The van der Waals surface area contributed by atoms with Crippen molar-refractivity contribution in [2.24, 2.45) is 5.73 Å². The Morgan fingerprint density at radius 3 is 2.53 bits per heavy atom. The number of benzene rings is 1. The summed E-state index contributed by atoms with van der Waals surface area (Å²) in [4.78, 5) is 0. The second-order valence-electron chi connectivity index (χ2n) is 6.23. The van der Waals surface area contributed by atoms with Crippen molar-refractivity contribution in [2.75, 3.05) is 0 Å².